The minimum Gasteiger partial charge on any atom is -0.367 e. The van der Waals surface area contributed by atoms with Crippen molar-refractivity contribution in [2.45, 2.75) is 11.3 Å². The molecule has 3 rings (SSSR count). The highest BCUT2D eigenvalue weighted by molar-refractivity contribution is 7.89. The Bertz CT molecular complexity index is 962. The van der Waals surface area contributed by atoms with Crippen LogP contribution < -0.4 is 9.62 Å². The van der Waals surface area contributed by atoms with E-state index in [2.05, 4.69) is 9.62 Å². The number of para-hydroxylation sites is 2. The fourth-order valence-corrected chi connectivity index (χ4v) is 4.59. The average Bonchev–Trinajstić information content (AvgIpc) is 2.72. The summed E-state index contributed by atoms with van der Waals surface area (Å²) in [5.74, 6) is -0.231. The van der Waals surface area contributed by atoms with Gasteiger partial charge in [0.15, 0.2) is 4.90 Å². The number of benzene rings is 2. The third-order valence-electron chi connectivity index (χ3n) is 4.86. The van der Waals surface area contributed by atoms with Crippen LogP contribution in [0.2, 0.25) is 0 Å². The maximum absolute atomic E-state index is 13.9. The molecule has 1 saturated heterocycles. The molecule has 2 aromatic rings. The zero-order valence-corrected chi connectivity index (χ0v) is 16.6. The Morgan fingerprint density at radius 1 is 1.03 bits per heavy atom. The van der Waals surface area contributed by atoms with E-state index in [4.69, 9.17) is 0 Å². The molecule has 0 bridgehead atoms. The van der Waals surface area contributed by atoms with Gasteiger partial charge < -0.3 is 4.90 Å². The zero-order valence-electron chi connectivity index (χ0n) is 15.8. The standard InChI is InChI=1S/C19H23FN4O4S/c20-16-6-1-2-7-17(16)23-14-12-22(13-15-23)11-5-10-21-29(27,28)19-9-4-3-8-18(19)24(25)26/h1-4,6-9,21H,5,10-15H2. The monoisotopic (exact) mass is 422 g/mol. The smallest absolute Gasteiger partial charge is 0.289 e. The van der Waals surface area contributed by atoms with Crippen molar-refractivity contribution in [3.05, 3.63) is 64.5 Å². The molecule has 156 valence electrons. The number of halogens is 1. The molecule has 1 N–H and O–H groups in total. The Labute approximate surface area is 169 Å². The molecule has 1 heterocycles. The molecule has 10 heteroatoms. The number of nitro benzene ring substituents is 1. The lowest BCUT2D eigenvalue weighted by Gasteiger charge is -2.36. The normalized spacial score (nSPS) is 15.4. The summed E-state index contributed by atoms with van der Waals surface area (Å²) in [6, 6.07) is 12.0. The minimum absolute atomic E-state index is 0.182. The van der Waals surface area contributed by atoms with Crippen molar-refractivity contribution in [3.63, 3.8) is 0 Å². The molecule has 8 nitrogen and oxygen atoms in total. The molecule has 0 atom stereocenters. The highest BCUT2D eigenvalue weighted by Crippen LogP contribution is 2.23. The van der Waals surface area contributed by atoms with E-state index in [-0.39, 0.29) is 17.3 Å². The Morgan fingerprint density at radius 2 is 1.69 bits per heavy atom. The quantitative estimate of drug-likeness (QED) is 0.398. The van der Waals surface area contributed by atoms with E-state index >= 15 is 0 Å². The van der Waals surface area contributed by atoms with Crippen LogP contribution in [0.5, 0.6) is 0 Å². The Morgan fingerprint density at radius 3 is 2.38 bits per heavy atom. The maximum Gasteiger partial charge on any atom is 0.289 e. The van der Waals surface area contributed by atoms with Gasteiger partial charge in [0.25, 0.3) is 5.69 Å². The maximum atomic E-state index is 13.9. The predicted molar refractivity (Wildman–Crippen MR) is 108 cm³/mol. The lowest BCUT2D eigenvalue weighted by Crippen LogP contribution is -2.47. The first-order chi connectivity index (χ1) is 13.9. The Hall–Kier alpha value is -2.56. The second-order valence-corrected chi connectivity index (χ2v) is 8.49. The molecule has 0 saturated carbocycles. The number of nitrogens with zero attached hydrogens (tertiary/aromatic N) is 3. The third-order valence-corrected chi connectivity index (χ3v) is 6.37. The van der Waals surface area contributed by atoms with Crippen molar-refractivity contribution in [2.24, 2.45) is 0 Å². The lowest BCUT2D eigenvalue weighted by atomic mass is 10.2. The Balaban J connectivity index is 1.46. The van der Waals surface area contributed by atoms with Crippen molar-refractivity contribution in [1.29, 1.82) is 0 Å². The molecule has 1 fully saturated rings. The summed E-state index contributed by atoms with van der Waals surface area (Å²) in [4.78, 5) is 14.2. The van der Waals surface area contributed by atoms with Crippen LogP contribution in [0.25, 0.3) is 0 Å². The van der Waals surface area contributed by atoms with Crippen LogP contribution >= 0.6 is 0 Å². The molecule has 0 radical (unpaired) electrons. The van der Waals surface area contributed by atoms with Gasteiger partial charge in [0, 0.05) is 38.8 Å². The third kappa shape index (κ3) is 5.28. The molecule has 0 aliphatic carbocycles. The van der Waals surface area contributed by atoms with E-state index in [1.54, 1.807) is 12.1 Å². The van der Waals surface area contributed by atoms with Crippen LogP contribution in [-0.2, 0) is 10.0 Å². The Kier molecular flexibility index (Phi) is 6.78. The van der Waals surface area contributed by atoms with Crippen molar-refractivity contribution >= 4 is 21.4 Å². The number of nitro groups is 1. The predicted octanol–water partition coefficient (Wildman–Crippen LogP) is 2.22. The van der Waals surface area contributed by atoms with E-state index in [0.29, 0.717) is 31.7 Å². The largest absolute Gasteiger partial charge is 0.367 e. The van der Waals surface area contributed by atoms with Crippen LogP contribution in [0.1, 0.15) is 6.42 Å². The van der Waals surface area contributed by atoms with Crippen molar-refractivity contribution in [2.75, 3.05) is 44.2 Å². The fourth-order valence-electron chi connectivity index (χ4n) is 3.34. The van der Waals surface area contributed by atoms with Crippen molar-refractivity contribution < 1.29 is 17.7 Å². The SMILES string of the molecule is O=[N+]([O-])c1ccccc1S(=O)(=O)NCCCN1CCN(c2ccccc2F)CC1. The summed E-state index contributed by atoms with van der Waals surface area (Å²) in [6.07, 6.45) is 0.569. The molecule has 0 amide bonds. The van der Waals surface area contributed by atoms with Crippen LogP contribution in [0.3, 0.4) is 0 Å². The van der Waals surface area contributed by atoms with Gasteiger partial charge in [0.2, 0.25) is 10.0 Å². The van der Waals surface area contributed by atoms with E-state index < -0.39 is 20.6 Å². The number of rotatable bonds is 8. The number of hydrogen-bond acceptors (Lipinski definition) is 6. The molecule has 0 spiro atoms. The topological polar surface area (TPSA) is 95.8 Å². The summed E-state index contributed by atoms with van der Waals surface area (Å²) in [5, 5.41) is 11.0. The van der Waals surface area contributed by atoms with Gasteiger partial charge in [0.05, 0.1) is 10.6 Å². The summed E-state index contributed by atoms with van der Waals surface area (Å²) >= 11 is 0. The number of anilines is 1. The van der Waals surface area contributed by atoms with Crippen LogP contribution in [0, 0.1) is 15.9 Å². The van der Waals surface area contributed by atoms with Crippen molar-refractivity contribution in [3.8, 4) is 0 Å². The molecule has 1 aliphatic heterocycles. The highest BCUT2D eigenvalue weighted by Gasteiger charge is 2.25. The molecule has 29 heavy (non-hydrogen) atoms. The molecular formula is C19H23FN4O4S. The number of nitrogens with one attached hydrogen (secondary N) is 1. The van der Waals surface area contributed by atoms with Gasteiger partial charge in [-0.15, -0.1) is 0 Å². The molecular weight excluding hydrogens is 399 g/mol. The van der Waals surface area contributed by atoms with Gasteiger partial charge in [-0.25, -0.2) is 17.5 Å². The van der Waals surface area contributed by atoms with Gasteiger partial charge in [-0.05, 0) is 31.2 Å². The van der Waals surface area contributed by atoms with E-state index in [0.717, 1.165) is 13.1 Å². The first-order valence-electron chi connectivity index (χ1n) is 9.33. The number of piperazine rings is 1. The summed E-state index contributed by atoms with van der Waals surface area (Å²) < 4.78 is 41.1. The van der Waals surface area contributed by atoms with E-state index in [9.17, 15) is 22.9 Å². The number of sulfonamides is 1. The second-order valence-electron chi connectivity index (χ2n) is 6.76. The van der Waals surface area contributed by atoms with Crippen LogP contribution in [0.15, 0.2) is 53.4 Å². The molecule has 0 unspecified atom stereocenters. The minimum atomic E-state index is -3.95. The molecule has 2 aromatic carbocycles. The van der Waals surface area contributed by atoms with Gasteiger partial charge >= 0.3 is 0 Å². The lowest BCUT2D eigenvalue weighted by molar-refractivity contribution is -0.387. The first-order valence-corrected chi connectivity index (χ1v) is 10.8. The van der Waals surface area contributed by atoms with Gasteiger partial charge in [0.1, 0.15) is 5.82 Å². The molecule has 1 aliphatic rings. The van der Waals surface area contributed by atoms with Crippen molar-refractivity contribution in [1.82, 2.24) is 9.62 Å². The van der Waals surface area contributed by atoms with Gasteiger partial charge in [-0.1, -0.05) is 24.3 Å². The van der Waals surface area contributed by atoms with Gasteiger partial charge in [-0.3, -0.25) is 15.0 Å². The molecule has 0 aromatic heterocycles. The van der Waals surface area contributed by atoms with Gasteiger partial charge in [-0.2, -0.15) is 0 Å². The zero-order chi connectivity index (χ0) is 20.9. The summed E-state index contributed by atoms with van der Waals surface area (Å²) in [6.45, 7) is 3.77. The van der Waals surface area contributed by atoms with Crippen LogP contribution in [-0.4, -0.2) is 57.5 Å². The summed E-state index contributed by atoms with van der Waals surface area (Å²) in [7, 11) is -3.95. The highest BCUT2D eigenvalue weighted by atomic mass is 32.2. The first kappa shape index (κ1) is 21.2. The second kappa shape index (κ2) is 9.29. The average molecular weight is 422 g/mol. The van der Waals surface area contributed by atoms with E-state index in [1.165, 1.54) is 30.3 Å². The van der Waals surface area contributed by atoms with E-state index in [1.807, 2.05) is 11.0 Å². The summed E-state index contributed by atoms with van der Waals surface area (Å²) in [5.41, 5.74) is 0.161. The fraction of sp³-hybridized carbons (Fsp3) is 0.368. The van der Waals surface area contributed by atoms with Crippen LogP contribution in [0.4, 0.5) is 15.8 Å². The number of hydrogen-bond donors (Lipinski definition) is 1.